The van der Waals surface area contributed by atoms with Crippen LogP contribution in [-0.2, 0) is 7.05 Å². The van der Waals surface area contributed by atoms with Crippen molar-refractivity contribution in [1.29, 1.82) is 0 Å². The minimum Gasteiger partial charge on any atom is -0.467 e. The van der Waals surface area contributed by atoms with Crippen LogP contribution in [-0.4, -0.2) is 0 Å². The molecule has 0 radical (unpaired) electrons. The maximum atomic E-state index is 7.61. The quantitative estimate of drug-likeness (QED) is 0.261. The molecule has 26 heavy (non-hydrogen) atoms. The molecule has 0 aliphatic rings. The molecule has 2 aromatic heterocycles. The van der Waals surface area contributed by atoms with Crippen LogP contribution in [0.2, 0.25) is 0 Å². The smallest absolute Gasteiger partial charge is 0.270 e. The summed E-state index contributed by atoms with van der Waals surface area (Å²) in [5, 5.41) is 3.30. The van der Waals surface area contributed by atoms with Crippen LogP contribution >= 0.6 is 11.3 Å². The monoisotopic (exact) mass is 355 g/mol. The van der Waals surface area contributed by atoms with E-state index >= 15 is 0 Å². The zero-order valence-corrected chi connectivity index (χ0v) is 15.2. The molecule has 3 nitrogen and oxygen atoms in total. The number of hydrogen-bond acceptors (Lipinski definition) is 2. The van der Waals surface area contributed by atoms with E-state index < -0.39 is 0 Å². The standard InChI is InChI=1S/C22H15N2OS/c1-13-8-4-5-9-14(13)22-24(3)17-12-16(23-2)20-19(21(17)26-22)15-10-6-7-11-18(15)25-20/h4-12H,1,3H3/q+1. The van der Waals surface area contributed by atoms with Gasteiger partial charge in [-0.1, -0.05) is 47.7 Å². The van der Waals surface area contributed by atoms with Crippen LogP contribution in [0.4, 0.5) is 5.69 Å². The van der Waals surface area contributed by atoms with Crippen molar-refractivity contribution in [1.82, 2.24) is 0 Å². The number of aromatic nitrogens is 1. The highest BCUT2D eigenvalue weighted by Crippen LogP contribution is 2.43. The fourth-order valence-electron chi connectivity index (χ4n) is 3.60. The van der Waals surface area contributed by atoms with Gasteiger partial charge in [-0.2, -0.15) is 4.57 Å². The van der Waals surface area contributed by atoms with Gasteiger partial charge in [0.05, 0.1) is 12.1 Å². The van der Waals surface area contributed by atoms with Gasteiger partial charge in [0.1, 0.15) is 22.9 Å². The zero-order chi connectivity index (χ0) is 17.8. The van der Waals surface area contributed by atoms with Gasteiger partial charge in [0, 0.05) is 16.8 Å². The fraction of sp³-hybridized carbons (Fsp3) is 0.0909. The molecule has 3 aromatic carbocycles. The Morgan fingerprint density at radius 2 is 1.85 bits per heavy atom. The number of fused-ring (bicyclic) bond motifs is 5. The van der Waals surface area contributed by atoms with Gasteiger partial charge >= 0.3 is 0 Å². The Bertz CT molecular complexity index is 1370. The summed E-state index contributed by atoms with van der Waals surface area (Å²) < 4.78 is 9.40. The van der Waals surface area contributed by atoms with Gasteiger partial charge in [-0.15, -0.1) is 0 Å². The molecule has 0 spiro atoms. The molecule has 0 aliphatic carbocycles. The van der Waals surface area contributed by atoms with Crippen LogP contribution < -0.4 is 4.57 Å². The summed E-state index contributed by atoms with van der Waals surface area (Å²) in [5.41, 5.74) is 5.61. The van der Waals surface area contributed by atoms with Crippen molar-refractivity contribution in [3.8, 4) is 10.6 Å². The number of rotatable bonds is 1. The molecule has 0 N–H and O–H groups in total. The Morgan fingerprint density at radius 1 is 1.08 bits per heavy atom. The summed E-state index contributed by atoms with van der Waals surface area (Å²) >= 11 is 1.76. The van der Waals surface area contributed by atoms with Crippen molar-refractivity contribution in [2.24, 2.45) is 7.05 Å². The van der Waals surface area contributed by atoms with E-state index in [1.165, 1.54) is 16.1 Å². The largest absolute Gasteiger partial charge is 0.467 e. The lowest BCUT2D eigenvalue weighted by atomic mass is 10.1. The zero-order valence-electron chi connectivity index (χ0n) is 14.4. The van der Waals surface area contributed by atoms with Gasteiger partial charge in [-0.25, -0.2) is 4.85 Å². The van der Waals surface area contributed by atoms with Crippen molar-refractivity contribution in [2.45, 2.75) is 6.92 Å². The average molecular weight is 355 g/mol. The second-order valence-corrected chi connectivity index (χ2v) is 7.44. The Morgan fingerprint density at radius 3 is 2.65 bits per heavy atom. The number of para-hydroxylation sites is 1. The third-order valence-electron chi connectivity index (χ3n) is 4.92. The van der Waals surface area contributed by atoms with E-state index in [0.717, 1.165) is 26.6 Å². The van der Waals surface area contributed by atoms with E-state index in [-0.39, 0.29) is 0 Å². The summed E-state index contributed by atoms with van der Waals surface area (Å²) in [6, 6.07) is 18.4. The molecule has 0 fully saturated rings. The first-order valence-electron chi connectivity index (χ1n) is 8.39. The Kier molecular flexibility index (Phi) is 3.15. The van der Waals surface area contributed by atoms with Crippen molar-refractivity contribution in [2.75, 3.05) is 0 Å². The van der Waals surface area contributed by atoms with Gasteiger partial charge in [0.15, 0.2) is 0 Å². The highest BCUT2D eigenvalue weighted by Gasteiger charge is 2.25. The van der Waals surface area contributed by atoms with E-state index in [1.54, 1.807) is 11.3 Å². The molecule has 0 unspecified atom stereocenters. The summed E-state index contributed by atoms with van der Waals surface area (Å²) in [4.78, 5) is 3.73. The molecule has 5 rings (SSSR count). The van der Waals surface area contributed by atoms with Gasteiger partial charge < -0.3 is 4.42 Å². The van der Waals surface area contributed by atoms with Gasteiger partial charge in [0.2, 0.25) is 11.2 Å². The molecule has 0 atom stereocenters. The number of nitrogens with zero attached hydrogens (tertiary/aromatic N) is 2. The minimum atomic E-state index is 0.563. The first-order chi connectivity index (χ1) is 12.7. The SMILES string of the molecule is [C-]#[N+]c1cc2c(sc(-c3ccccc3C)[n+]2C)c2c1oc1ccccc12. The van der Waals surface area contributed by atoms with Crippen LogP contribution in [0.25, 0.3) is 47.6 Å². The Hall–Kier alpha value is -3.16. The summed E-state index contributed by atoms with van der Waals surface area (Å²) in [6.45, 7) is 9.74. The normalized spacial score (nSPS) is 11.4. The minimum absolute atomic E-state index is 0.563. The van der Waals surface area contributed by atoms with E-state index in [4.69, 9.17) is 11.0 Å². The van der Waals surface area contributed by atoms with Crippen LogP contribution in [0.5, 0.6) is 0 Å². The lowest BCUT2D eigenvalue weighted by Crippen LogP contribution is -2.28. The molecule has 0 saturated heterocycles. The summed E-state index contributed by atoms with van der Waals surface area (Å²) in [5.74, 6) is 0. The summed E-state index contributed by atoms with van der Waals surface area (Å²) in [6.07, 6.45) is 0. The number of hydrogen-bond donors (Lipinski definition) is 0. The molecule has 0 amide bonds. The third-order valence-corrected chi connectivity index (χ3v) is 6.23. The van der Waals surface area contributed by atoms with Crippen LogP contribution in [0.3, 0.4) is 0 Å². The predicted molar refractivity (Wildman–Crippen MR) is 107 cm³/mol. The fourth-order valence-corrected chi connectivity index (χ4v) is 4.97. The summed E-state index contributed by atoms with van der Waals surface area (Å²) in [7, 11) is 2.07. The topological polar surface area (TPSA) is 21.4 Å². The molecular weight excluding hydrogens is 340 g/mol. The van der Waals surface area contributed by atoms with Crippen molar-refractivity contribution < 1.29 is 8.98 Å². The highest BCUT2D eigenvalue weighted by atomic mass is 32.1. The van der Waals surface area contributed by atoms with E-state index in [9.17, 15) is 0 Å². The lowest BCUT2D eigenvalue weighted by molar-refractivity contribution is -0.629. The maximum Gasteiger partial charge on any atom is 0.270 e. The van der Waals surface area contributed by atoms with Crippen LogP contribution in [0.1, 0.15) is 5.56 Å². The number of thiazole rings is 1. The second kappa shape index (κ2) is 5.42. The molecule has 5 aromatic rings. The first kappa shape index (κ1) is 15.1. The lowest BCUT2D eigenvalue weighted by Gasteiger charge is -1.98. The van der Waals surface area contributed by atoms with Crippen molar-refractivity contribution >= 4 is 49.2 Å². The Balaban J connectivity index is 2.00. The Labute approximate surface area is 154 Å². The van der Waals surface area contributed by atoms with Gasteiger partial charge in [-0.05, 0) is 24.6 Å². The molecule has 0 aliphatic heterocycles. The second-order valence-electron chi connectivity index (χ2n) is 6.44. The van der Waals surface area contributed by atoms with Gasteiger partial charge in [-0.3, -0.25) is 0 Å². The number of aryl methyl sites for hydroxylation is 2. The number of benzene rings is 3. The van der Waals surface area contributed by atoms with Crippen LogP contribution in [0, 0.1) is 13.5 Å². The molecular formula is C22H15N2OS+. The van der Waals surface area contributed by atoms with Gasteiger partial charge in [0.25, 0.3) is 5.01 Å². The molecule has 0 bridgehead atoms. The maximum absolute atomic E-state index is 7.61. The van der Waals surface area contributed by atoms with Crippen LogP contribution in [0.15, 0.2) is 59.0 Å². The first-order valence-corrected chi connectivity index (χ1v) is 9.21. The molecule has 124 valence electrons. The average Bonchev–Trinajstić information content (AvgIpc) is 3.20. The predicted octanol–water partition coefficient (Wildman–Crippen LogP) is 6.15. The van der Waals surface area contributed by atoms with E-state index in [2.05, 4.69) is 53.7 Å². The third kappa shape index (κ3) is 1.95. The van der Waals surface area contributed by atoms with E-state index in [0.29, 0.717) is 11.3 Å². The van der Waals surface area contributed by atoms with Crippen molar-refractivity contribution in [3.05, 3.63) is 71.6 Å². The highest BCUT2D eigenvalue weighted by molar-refractivity contribution is 7.22. The molecule has 4 heteroatoms. The molecule has 2 heterocycles. The number of furan rings is 1. The van der Waals surface area contributed by atoms with Crippen molar-refractivity contribution in [3.63, 3.8) is 0 Å². The molecule has 0 saturated carbocycles. The van der Waals surface area contributed by atoms with E-state index in [1.807, 2.05) is 24.3 Å².